The lowest BCUT2D eigenvalue weighted by molar-refractivity contribution is -0.147. The van der Waals surface area contributed by atoms with E-state index in [9.17, 15) is 4.79 Å². The second-order valence-electron chi connectivity index (χ2n) is 6.60. The van der Waals surface area contributed by atoms with Gasteiger partial charge in [0.2, 0.25) is 0 Å². The standard InChI is InChI=1S/C20H40O5/c1-4-5-6-7-8-9-10-13-22-15-17-24-18-16-23-14-11-12-20(21)25-19(2)3/h19H,4-18H2,1-3H3. The summed E-state index contributed by atoms with van der Waals surface area (Å²) in [6.07, 6.45) is 10.2. The summed E-state index contributed by atoms with van der Waals surface area (Å²) in [7, 11) is 0. The van der Waals surface area contributed by atoms with Gasteiger partial charge in [0.15, 0.2) is 0 Å². The van der Waals surface area contributed by atoms with Crippen LogP contribution in [0.25, 0.3) is 0 Å². The van der Waals surface area contributed by atoms with Gasteiger partial charge in [-0.2, -0.15) is 0 Å². The second kappa shape index (κ2) is 19.7. The van der Waals surface area contributed by atoms with Crippen molar-refractivity contribution in [3.63, 3.8) is 0 Å². The number of hydrogen-bond donors (Lipinski definition) is 0. The van der Waals surface area contributed by atoms with E-state index in [4.69, 9.17) is 18.9 Å². The van der Waals surface area contributed by atoms with Crippen LogP contribution in [0.1, 0.15) is 78.6 Å². The van der Waals surface area contributed by atoms with Gasteiger partial charge >= 0.3 is 5.97 Å². The van der Waals surface area contributed by atoms with E-state index in [-0.39, 0.29) is 12.1 Å². The van der Waals surface area contributed by atoms with Gasteiger partial charge < -0.3 is 18.9 Å². The first-order chi connectivity index (χ1) is 12.2. The maximum absolute atomic E-state index is 11.3. The molecule has 0 fully saturated rings. The van der Waals surface area contributed by atoms with Crippen molar-refractivity contribution in [1.82, 2.24) is 0 Å². The number of hydrogen-bond acceptors (Lipinski definition) is 5. The molecule has 150 valence electrons. The molecule has 0 aromatic rings. The van der Waals surface area contributed by atoms with Gasteiger partial charge in [0, 0.05) is 19.6 Å². The lowest BCUT2D eigenvalue weighted by Crippen LogP contribution is -2.13. The quantitative estimate of drug-likeness (QED) is 0.250. The molecule has 0 aliphatic carbocycles. The van der Waals surface area contributed by atoms with Gasteiger partial charge in [-0.25, -0.2) is 0 Å². The van der Waals surface area contributed by atoms with Crippen molar-refractivity contribution in [2.45, 2.75) is 84.7 Å². The zero-order chi connectivity index (χ0) is 18.6. The third-order valence-corrected chi connectivity index (χ3v) is 3.67. The summed E-state index contributed by atoms with van der Waals surface area (Å²) in [6.45, 7) is 9.72. The number of esters is 1. The van der Waals surface area contributed by atoms with Crippen molar-refractivity contribution in [1.29, 1.82) is 0 Å². The molecule has 0 unspecified atom stereocenters. The van der Waals surface area contributed by atoms with Crippen LogP contribution in [0.2, 0.25) is 0 Å². The number of carbonyl (C=O) groups excluding carboxylic acids is 1. The van der Waals surface area contributed by atoms with Crippen molar-refractivity contribution < 1.29 is 23.7 Å². The fourth-order valence-corrected chi connectivity index (χ4v) is 2.34. The molecule has 0 atom stereocenters. The third kappa shape index (κ3) is 21.3. The molecule has 5 heteroatoms. The number of unbranched alkanes of at least 4 members (excludes halogenated alkanes) is 6. The van der Waals surface area contributed by atoms with E-state index in [1.165, 1.54) is 38.5 Å². The Kier molecular flexibility index (Phi) is 19.2. The Hall–Kier alpha value is -0.650. The highest BCUT2D eigenvalue weighted by atomic mass is 16.5. The first-order valence-electron chi connectivity index (χ1n) is 10.1. The van der Waals surface area contributed by atoms with Crippen LogP contribution < -0.4 is 0 Å². The molecule has 0 spiro atoms. The second-order valence-corrected chi connectivity index (χ2v) is 6.60. The molecule has 0 bridgehead atoms. The van der Waals surface area contributed by atoms with Gasteiger partial charge in [0.05, 0.1) is 32.5 Å². The van der Waals surface area contributed by atoms with Gasteiger partial charge in [-0.05, 0) is 26.7 Å². The molecule has 0 aliphatic heterocycles. The molecule has 0 aromatic heterocycles. The van der Waals surface area contributed by atoms with Gasteiger partial charge in [-0.1, -0.05) is 45.4 Å². The van der Waals surface area contributed by atoms with Crippen molar-refractivity contribution in [2.75, 3.05) is 39.6 Å². The van der Waals surface area contributed by atoms with Crippen molar-refractivity contribution in [3.8, 4) is 0 Å². The predicted molar refractivity (Wildman–Crippen MR) is 101 cm³/mol. The van der Waals surface area contributed by atoms with Crippen LogP contribution in [0.15, 0.2) is 0 Å². The minimum Gasteiger partial charge on any atom is -0.463 e. The summed E-state index contributed by atoms with van der Waals surface area (Å²) in [5.74, 6) is -0.159. The summed E-state index contributed by atoms with van der Waals surface area (Å²) in [5, 5.41) is 0. The monoisotopic (exact) mass is 360 g/mol. The molecule has 0 rings (SSSR count). The highest BCUT2D eigenvalue weighted by molar-refractivity contribution is 5.69. The lowest BCUT2D eigenvalue weighted by Gasteiger charge is -2.08. The van der Waals surface area contributed by atoms with Crippen molar-refractivity contribution in [2.24, 2.45) is 0 Å². The fraction of sp³-hybridized carbons (Fsp3) is 0.950. The van der Waals surface area contributed by atoms with Crippen LogP contribution in [0, 0.1) is 0 Å². The Balaban J connectivity index is 3.06. The first kappa shape index (κ1) is 24.4. The molecule has 0 amide bonds. The molecule has 0 heterocycles. The van der Waals surface area contributed by atoms with Gasteiger partial charge in [-0.15, -0.1) is 0 Å². The van der Waals surface area contributed by atoms with E-state index < -0.39 is 0 Å². The van der Waals surface area contributed by atoms with Crippen LogP contribution in [0.3, 0.4) is 0 Å². The average Bonchev–Trinajstić information content (AvgIpc) is 2.57. The van der Waals surface area contributed by atoms with Gasteiger partial charge in [0.25, 0.3) is 0 Å². The number of rotatable bonds is 19. The Bertz CT molecular complexity index is 281. The van der Waals surface area contributed by atoms with Crippen LogP contribution in [-0.4, -0.2) is 51.7 Å². The lowest BCUT2D eigenvalue weighted by atomic mass is 10.1. The smallest absolute Gasteiger partial charge is 0.306 e. The Labute approximate surface area is 154 Å². The highest BCUT2D eigenvalue weighted by Gasteiger charge is 2.04. The number of carbonyl (C=O) groups is 1. The minimum absolute atomic E-state index is 0.0465. The maximum Gasteiger partial charge on any atom is 0.306 e. The van der Waals surface area contributed by atoms with Gasteiger partial charge in [0.1, 0.15) is 0 Å². The largest absolute Gasteiger partial charge is 0.463 e. The van der Waals surface area contributed by atoms with Crippen LogP contribution in [-0.2, 0) is 23.7 Å². The van der Waals surface area contributed by atoms with Gasteiger partial charge in [-0.3, -0.25) is 4.79 Å². The molecule has 0 radical (unpaired) electrons. The molecular formula is C20H40O5. The van der Waals surface area contributed by atoms with Crippen LogP contribution in [0.4, 0.5) is 0 Å². The van der Waals surface area contributed by atoms with Crippen LogP contribution in [0.5, 0.6) is 0 Å². The van der Waals surface area contributed by atoms with E-state index in [0.29, 0.717) is 45.9 Å². The molecule has 25 heavy (non-hydrogen) atoms. The van der Waals surface area contributed by atoms with Crippen molar-refractivity contribution >= 4 is 5.97 Å². The topological polar surface area (TPSA) is 54.0 Å². The molecule has 0 aromatic carbocycles. The first-order valence-corrected chi connectivity index (χ1v) is 10.1. The van der Waals surface area contributed by atoms with E-state index in [1.807, 2.05) is 13.8 Å². The molecular weight excluding hydrogens is 320 g/mol. The summed E-state index contributed by atoms with van der Waals surface area (Å²) in [5.41, 5.74) is 0. The van der Waals surface area contributed by atoms with E-state index in [1.54, 1.807) is 0 Å². The third-order valence-electron chi connectivity index (χ3n) is 3.67. The molecule has 5 nitrogen and oxygen atoms in total. The van der Waals surface area contributed by atoms with Crippen molar-refractivity contribution in [3.05, 3.63) is 0 Å². The Morgan fingerprint density at radius 2 is 1.16 bits per heavy atom. The summed E-state index contributed by atoms with van der Waals surface area (Å²) < 4.78 is 21.5. The molecule has 0 N–H and O–H groups in total. The Morgan fingerprint density at radius 3 is 1.72 bits per heavy atom. The Morgan fingerprint density at radius 1 is 0.680 bits per heavy atom. The summed E-state index contributed by atoms with van der Waals surface area (Å²) >= 11 is 0. The normalized spacial score (nSPS) is 11.2. The molecule has 0 saturated heterocycles. The molecule has 0 saturated carbocycles. The number of ether oxygens (including phenoxy) is 4. The summed E-state index contributed by atoms with van der Waals surface area (Å²) in [6, 6.07) is 0. The van der Waals surface area contributed by atoms with E-state index in [2.05, 4.69) is 6.92 Å². The highest BCUT2D eigenvalue weighted by Crippen LogP contribution is 2.06. The SMILES string of the molecule is CCCCCCCCCOCCOCCOCCCC(=O)OC(C)C. The average molecular weight is 361 g/mol. The minimum atomic E-state index is -0.159. The summed E-state index contributed by atoms with van der Waals surface area (Å²) in [4.78, 5) is 11.3. The zero-order valence-corrected chi connectivity index (χ0v) is 16.7. The predicted octanol–water partition coefficient (Wildman–Crippen LogP) is 4.52. The maximum atomic E-state index is 11.3. The van der Waals surface area contributed by atoms with E-state index >= 15 is 0 Å². The van der Waals surface area contributed by atoms with Crippen LogP contribution >= 0.6 is 0 Å². The molecule has 0 aliphatic rings. The zero-order valence-electron chi connectivity index (χ0n) is 16.7. The fourth-order valence-electron chi connectivity index (χ4n) is 2.34. The van der Waals surface area contributed by atoms with E-state index in [0.717, 1.165) is 13.0 Å².